The molecule has 1 aliphatic rings. The largest absolute Gasteiger partial charge is 0.352 e. The van der Waals surface area contributed by atoms with Crippen LogP contribution in [0.4, 0.5) is 4.79 Å². The van der Waals surface area contributed by atoms with Crippen LogP contribution in [0, 0.1) is 0 Å². The average molecular weight is 429 g/mol. The number of fused-ring (bicyclic) bond motifs is 1. The monoisotopic (exact) mass is 428 g/mol. The van der Waals surface area contributed by atoms with E-state index in [-0.39, 0.29) is 18.4 Å². The summed E-state index contributed by atoms with van der Waals surface area (Å²) in [5.41, 5.74) is 6.98. The second-order valence-corrected chi connectivity index (χ2v) is 8.52. The Balaban J connectivity index is 1.56. The van der Waals surface area contributed by atoms with Gasteiger partial charge in [0, 0.05) is 11.6 Å². The van der Waals surface area contributed by atoms with Gasteiger partial charge in [0.25, 0.3) is 0 Å². The minimum atomic E-state index is -0.688. The predicted molar refractivity (Wildman–Crippen MR) is 115 cm³/mol. The Morgan fingerprint density at radius 2 is 2.00 bits per heavy atom. The summed E-state index contributed by atoms with van der Waals surface area (Å²) in [6, 6.07) is 13.8. The van der Waals surface area contributed by atoms with Crippen LogP contribution in [0.1, 0.15) is 41.9 Å². The van der Waals surface area contributed by atoms with Crippen LogP contribution >= 0.6 is 22.9 Å². The number of carbonyl (C=O) groups excluding carboxylic acids is 2. The van der Waals surface area contributed by atoms with Crippen molar-refractivity contribution in [2.75, 3.05) is 6.54 Å². The first kappa shape index (κ1) is 19.7. The van der Waals surface area contributed by atoms with E-state index in [0.29, 0.717) is 17.1 Å². The van der Waals surface area contributed by atoms with Crippen LogP contribution < -0.4 is 11.1 Å². The Morgan fingerprint density at radius 3 is 2.76 bits per heavy atom. The van der Waals surface area contributed by atoms with E-state index in [2.05, 4.69) is 5.32 Å². The molecule has 1 aliphatic heterocycles. The van der Waals surface area contributed by atoms with Crippen molar-refractivity contribution in [3.63, 3.8) is 0 Å². The topological polar surface area (TPSA) is 88.3 Å². The van der Waals surface area contributed by atoms with Gasteiger partial charge >= 0.3 is 6.03 Å². The number of nitrogens with two attached hydrogens (primary N) is 1. The van der Waals surface area contributed by atoms with Crippen molar-refractivity contribution in [3.8, 4) is 0 Å². The van der Waals surface area contributed by atoms with Crippen molar-refractivity contribution in [3.05, 3.63) is 64.1 Å². The standard InChI is InChI=1S/C21H21ClN4O2S/c22-14-7-2-1-6-13(14)16(25-21(23)28)12-19(27)26-11-5-9-17(26)20-24-15-8-3-4-10-18(15)29-20/h1-4,6-8,10,16-17H,5,9,11-12H2,(H3,23,25,28)/t16-,17-/m1/s1. The summed E-state index contributed by atoms with van der Waals surface area (Å²) in [6.45, 7) is 0.672. The van der Waals surface area contributed by atoms with Gasteiger partial charge in [0.05, 0.1) is 28.7 Å². The van der Waals surface area contributed by atoms with Gasteiger partial charge < -0.3 is 16.0 Å². The first-order chi connectivity index (χ1) is 14.0. The summed E-state index contributed by atoms with van der Waals surface area (Å²) in [7, 11) is 0. The molecule has 8 heteroatoms. The molecule has 1 aromatic heterocycles. The zero-order chi connectivity index (χ0) is 20.4. The van der Waals surface area contributed by atoms with E-state index in [1.165, 1.54) is 0 Å². The van der Waals surface area contributed by atoms with Gasteiger partial charge in [-0.2, -0.15) is 0 Å². The highest BCUT2D eigenvalue weighted by molar-refractivity contribution is 7.18. The van der Waals surface area contributed by atoms with Crippen LogP contribution in [-0.2, 0) is 4.79 Å². The molecule has 3 aromatic rings. The van der Waals surface area contributed by atoms with Crippen molar-refractivity contribution < 1.29 is 9.59 Å². The summed E-state index contributed by atoms with van der Waals surface area (Å²) >= 11 is 7.92. The molecule has 1 fully saturated rings. The second-order valence-electron chi connectivity index (χ2n) is 7.05. The molecular weight excluding hydrogens is 408 g/mol. The van der Waals surface area contributed by atoms with Gasteiger partial charge in [0.15, 0.2) is 0 Å². The first-order valence-corrected chi connectivity index (χ1v) is 10.7. The highest BCUT2D eigenvalue weighted by Crippen LogP contribution is 2.37. The lowest BCUT2D eigenvalue weighted by Crippen LogP contribution is -2.38. The number of aromatic nitrogens is 1. The lowest BCUT2D eigenvalue weighted by atomic mass is 10.0. The number of likely N-dealkylation sites (tertiary alicyclic amines) is 1. The zero-order valence-corrected chi connectivity index (χ0v) is 17.2. The van der Waals surface area contributed by atoms with E-state index in [1.54, 1.807) is 29.5 Å². The maximum atomic E-state index is 13.2. The number of para-hydroxylation sites is 1. The van der Waals surface area contributed by atoms with Gasteiger partial charge in [0.2, 0.25) is 5.91 Å². The number of benzene rings is 2. The van der Waals surface area contributed by atoms with E-state index in [0.717, 1.165) is 28.1 Å². The number of nitrogens with zero attached hydrogens (tertiary/aromatic N) is 2. The summed E-state index contributed by atoms with van der Waals surface area (Å²) in [5, 5.41) is 4.10. The number of rotatable bonds is 5. The third-order valence-electron chi connectivity index (χ3n) is 5.14. The van der Waals surface area contributed by atoms with Gasteiger partial charge in [-0.3, -0.25) is 4.79 Å². The normalized spacial score (nSPS) is 17.4. The molecule has 4 rings (SSSR count). The lowest BCUT2D eigenvalue weighted by molar-refractivity contribution is -0.132. The third-order valence-corrected chi connectivity index (χ3v) is 6.63. The van der Waals surface area contributed by atoms with E-state index in [1.807, 2.05) is 35.2 Å². The summed E-state index contributed by atoms with van der Waals surface area (Å²) in [4.78, 5) is 31.3. The van der Waals surface area contributed by atoms with Gasteiger partial charge in [-0.1, -0.05) is 41.9 Å². The smallest absolute Gasteiger partial charge is 0.312 e. The Morgan fingerprint density at radius 1 is 1.24 bits per heavy atom. The number of carbonyl (C=O) groups is 2. The van der Waals surface area contributed by atoms with Gasteiger partial charge in [-0.15, -0.1) is 11.3 Å². The molecule has 29 heavy (non-hydrogen) atoms. The predicted octanol–water partition coefficient (Wildman–Crippen LogP) is 4.41. The molecule has 2 atom stereocenters. The number of nitrogens with one attached hydrogen (secondary N) is 1. The van der Waals surface area contributed by atoms with Crippen LogP contribution in [0.15, 0.2) is 48.5 Å². The summed E-state index contributed by atoms with van der Waals surface area (Å²) in [5.74, 6) is -0.0505. The maximum Gasteiger partial charge on any atom is 0.312 e. The Kier molecular flexibility index (Phi) is 5.69. The van der Waals surface area contributed by atoms with Crippen molar-refractivity contribution in [1.29, 1.82) is 0 Å². The molecule has 1 saturated heterocycles. The molecular formula is C21H21ClN4O2S. The number of thiazole rings is 1. The maximum absolute atomic E-state index is 13.2. The Labute approximate surface area is 177 Å². The highest BCUT2D eigenvalue weighted by atomic mass is 35.5. The number of urea groups is 1. The molecule has 6 nitrogen and oxygen atoms in total. The van der Waals surface area contributed by atoms with Crippen molar-refractivity contribution in [2.24, 2.45) is 5.73 Å². The van der Waals surface area contributed by atoms with Crippen LogP contribution in [0.2, 0.25) is 5.02 Å². The number of hydrogen-bond acceptors (Lipinski definition) is 4. The highest BCUT2D eigenvalue weighted by Gasteiger charge is 2.33. The van der Waals surface area contributed by atoms with E-state index in [4.69, 9.17) is 22.3 Å². The van der Waals surface area contributed by atoms with Crippen LogP contribution in [0.5, 0.6) is 0 Å². The molecule has 2 heterocycles. The number of halogens is 1. The first-order valence-electron chi connectivity index (χ1n) is 9.48. The van der Waals surface area contributed by atoms with Crippen molar-refractivity contribution in [1.82, 2.24) is 15.2 Å². The molecule has 0 saturated carbocycles. The fraction of sp³-hybridized carbons (Fsp3) is 0.286. The second kappa shape index (κ2) is 8.39. The Bertz CT molecular complexity index is 1020. The lowest BCUT2D eigenvalue weighted by Gasteiger charge is -2.26. The van der Waals surface area contributed by atoms with E-state index >= 15 is 0 Å². The van der Waals surface area contributed by atoms with E-state index < -0.39 is 12.1 Å². The average Bonchev–Trinajstić information content (AvgIpc) is 3.34. The van der Waals surface area contributed by atoms with Gasteiger partial charge in [0.1, 0.15) is 5.01 Å². The molecule has 3 N–H and O–H groups in total. The van der Waals surface area contributed by atoms with Gasteiger partial charge in [-0.05, 0) is 36.6 Å². The molecule has 0 bridgehead atoms. The zero-order valence-electron chi connectivity index (χ0n) is 15.7. The fourth-order valence-electron chi connectivity index (χ4n) is 3.81. The summed E-state index contributed by atoms with van der Waals surface area (Å²) < 4.78 is 1.12. The van der Waals surface area contributed by atoms with Crippen LogP contribution in [-0.4, -0.2) is 28.4 Å². The van der Waals surface area contributed by atoms with Gasteiger partial charge in [-0.25, -0.2) is 9.78 Å². The summed E-state index contributed by atoms with van der Waals surface area (Å²) in [6.07, 6.45) is 1.89. The third kappa shape index (κ3) is 4.21. The molecule has 3 amide bonds. The molecule has 0 unspecified atom stereocenters. The molecule has 0 radical (unpaired) electrons. The van der Waals surface area contributed by atoms with Crippen molar-refractivity contribution in [2.45, 2.75) is 31.3 Å². The molecule has 0 aliphatic carbocycles. The number of primary amides is 1. The number of hydrogen-bond donors (Lipinski definition) is 2. The molecule has 150 valence electrons. The van der Waals surface area contributed by atoms with Crippen molar-refractivity contribution >= 4 is 45.1 Å². The van der Waals surface area contributed by atoms with Crippen LogP contribution in [0.25, 0.3) is 10.2 Å². The molecule has 0 spiro atoms. The SMILES string of the molecule is NC(=O)N[C@H](CC(=O)N1CCC[C@@H]1c1nc2ccccc2s1)c1ccccc1Cl. The van der Waals surface area contributed by atoms with Crippen LogP contribution in [0.3, 0.4) is 0 Å². The fourth-order valence-corrected chi connectivity index (χ4v) is 5.20. The quantitative estimate of drug-likeness (QED) is 0.630. The minimum absolute atomic E-state index is 0.0413. The molecule has 2 aromatic carbocycles. The number of amides is 3. The Hall–Kier alpha value is -2.64. The van der Waals surface area contributed by atoms with E-state index in [9.17, 15) is 9.59 Å². The minimum Gasteiger partial charge on any atom is -0.352 e.